The summed E-state index contributed by atoms with van der Waals surface area (Å²) < 4.78 is 0. The second-order valence-electron chi connectivity index (χ2n) is 2.62. The van der Waals surface area contributed by atoms with Crippen LogP contribution in [0.3, 0.4) is 0 Å². The summed E-state index contributed by atoms with van der Waals surface area (Å²) in [7, 11) is 3.63. The van der Waals surface area contributed by atoms with Crippen LogP contribution in [0.1, 0.15) is 13.8 Å². The fourth-order valence-corrected chi connectivity index (χ4v) is 0.443. The zero-order valence-electron chi connectivity index (χ0n) is 7.42. The molecule has 0 rings (SSSR count). The van der Waals surface area contributed by atoms with E-state index in [1.54, 1.807) is 11.2 Å². The largest absolute Gasteiger partial charge is 0.303 e. The predicted molar refractivity (Wildman–Crippen MR) is 46.2 cm³/mol. The van der Waals surface area contributed by atoms with Gasteiger partial charge in [0.1, 0.15) is 6.07 Å². The van der Waals surface area contributed by atoms with Crippen LogP contribution in [0.15, 0.2) is 16.2 Å². The van der Waals surface area contributed by atoms with Gasteiger partial charge in [-0.1, -0.05) is 5.57 Å². The monoisotopic (exact) mass is 151 g/mol. The first-order chi connectivity index (χ1) is 5.07. The van der Waals surface area contributed by atoms with Crippen LogP contribution in [0.4, 0.5) is 0 Å². The van der Waals surface area contributed by atoms with Crippen LogP contribution in [0.2, 0.25) is 0 Å². The molecule has 3 heteroatoms. The summed E-state index contributed by atoms with van der Waals surface area (Å²) in [5.74, 6) is 0. The molecule has 0 amide bonds. The molecule has 0 spiro atoms. The smallest absolute Gasteiger partial charge is 0.101 e. The van der Waals surface area contributed by atoms with Crippen molar-refractivity contribution >= 4 is 6.21 Å². The van der Waals surface area contributed by atoms with Gasteiger partial charge in [0.05, 0.1) is 11.8 Å². The third-order valence-electron chi connectivity index (χ3n) is 1.08. The first-order valence-corrected chi connectivity index (χ1v) is 3.36. The fraction of sp³-hybridized carbons (Fsp3) is 0.500. The lowest BCUT2D eigenvalue weighted by atomic mass is 10.2. The molecule has 3 nitrogen and oxygen atoms in total. The molecule has 0 aliphatic rings. The molecule has 0 N–H and O–H groups in total. The molecule has 0 aliphatic carbocycles. The van der Waals surface area contributed by atoms with Crippen LogP contribution in [0, 0.1) is 11.3 Å². The fourth-order valence-electron chi connectivity index (χ4n) is 0.443. The molecule has 60 valence electrons. The lowest BCUT2D eigenvalue weighted by Gasteiger charge is -2.01. The minimum absolute atomic E-state index is 0.624. The van der Waals surface area contributed by atoms with Crippen molar-refractivity contribution in [1.82, 2.24) is 5.01 Å². The predicted octanol–water partition coefficient (Wildman–Crippen LogP) is 1.39. The van der Waals surface area contributed by atoms with Crippen molar-refractivity contribution in [3.8, 4) is 6.07 Å². The summed E-state index contributed by atoms with van der Waals surface area (Å²) in [6.07, 6.45) is 1.56. The number of rotatable bonds is 2. The number of hydrazone groups is 1. The Bertz CT molecular complexity index is 214. The molecule has 0 saturated heterocycles. The van der Waals surface area contributed by atoms with Gasteiger partial charge < -0.3 is 5.01 Å². The van der Waals surface area contributed by atoms with E-state index in [1.165, 1.54) is 0 Å². The van der Waals surface area contributed by atoms with Crippen molar-refractivity contribution in [3.05, 3.63) is 11.1 Å². The van der Waals surface area contributed by atoms with Gasteiger partial charge in [0, 0.05) is 14.1 Å². The van der Waals surface area contributed by atoms with E-state index in [0.29, 0.717) is 5.57 Å². The highest BCUT2D eigenvalue weighted by molar-refractivity contribution is 5.84. The lowest BCUT2D eigenvalue weighted by Crippen LogP contribution is -2.02. The molecule has 0 unspecified atom stereocenters. The van der Waals surface area contributed by atoms with Crippen molar-refractivity contribution in [2.45, 2.75) is 13.8 Å². The summed E-state index contributed by atoms with van der Waals surface area (Å²) in [5, 5.41) is 14.2. The molecular formula is C8H13N3. The maximum absolute atomic E-state index is 8.59. The maximum Gasteiger partial charge on any atom is 0.101 e. The van der Waals surface area contributed by atoms with Gasteiger partial charge in [-0.15, -0.1) is 0 Å². The highest BCUT2D eigenvalue weighted by atomic mass is 15.4. The van der Waals surface area contributed by atoms with Crippen LogP contribution >= 0.6 is 0 Å². The van der Waals surface area contributed by atoms with Crippen LogP contribution in [0.5, 0.6) is 0 Å². The quantitative estimate of drug-likeness (QED) is 0.340. The van der Waals surface area contributed by atoms with Crippen molar-refractivity contribution in [3.63, 3.8) is 0 Å². The molecule has 0 aromatic carbocycles. The van der Waals surface area contributed by atoms with E-state index in [-0.39, 0.29) is 0 Å². The second kappa shape index (κ2) is 4.51. The third-order valence-corrected chi connectivity index (χ3v) is 1.08. The van der Waals surface area contributed by atoms with E-state index in [9.17, 15) is 0 Å². The number of hydrogen-bond acceptors (Lipinski definition) is 3. The van der Waals surface area contributed by atoms with Gasteiger partial charge in [0.15, 0.2) is 0 Å². The van der Waals surface area contributed by atoms with E-state index in [1.807, 2.05) is 27.9 Å². The topological polar surface area (TPSA) is 39.4 Å². The van der Waals surface area contributed by atoms with Crippen molar-refractivity contribution in [1.29, 1.82) is 5.26 Å². The second-order valence-corrected chi connectivity index (χ2v) is 2.62. The molecule has 0 aliphatic heterocycles. The molecule has 11 heavy (non-hydrogen) atoms. The summed E-state index contributed by atoms with van der Waals surface area (Å²) in [6, 6.07) is 2.06. The van der Waals surface area contributed by atoms with Crippen LogP contribution in [0.25, 0.3) is 0 Å². The van der Waals surface area contributed by atoms with Gasteiger partial charge in [0.25, 0.3) is 0 Å². The van der Waals surface area contributed by atoms with E-state index in [0.717, 1.165) is 5.57 Å². The minimum atomic E-state index is 0.624. The Hall–Kier alpha value is -1.30. The molecule has 0 radical (unpaired) electrons. The van der Waals surface area contributed by atoms with Gasteiger partial charge >= 0.3 is 0 Å². The Labute approximate surface area is 67.6 Å². The van der Waals surface area contributed by atoms with Crippen LogP contribution in [-0.4, -0.2) is 25.3 Å². The summed E-state index contributed by atoms with van der Waals surface area (Å²) in [4.78, 5) is 0. The highest BCUT2D eigenvalue weighted by Gasteiger charge is 1.91. The van der Waals surface area contributed by atoms with E-state index >= 15 is 0 Å². The first kappa shape index (κ1) is 9.70. The average Bonchev–Trinajstić information content (AvgIpc) is 1.87. The summed E-state index contributed by atoms with van der Waals surface area (Å²) in [5.41, 5.74) is 1.61. The van der Waals surface area contributed by atoms with Gasteiger partial charge in [-0.3, -0.25) is 0 Å². The molecule has 0 saturated carbocycles. The van der Waals surface area contributed by atoms with Crippen LogP contribution in [-0.2, 0) is 0 Å². The van der Waals surface area contributed by atoms with E-state index in [2.05, 4.69) is 11.2 Å². The lowest BCUT2D eigenvalue weighted by molar-refractivity contribution is 0.440. The molecule has 0 aromatic heterocycles. The third kappa shape index (κ3) is 4.15. The van der Waals surface area contributed by atoms with Gasteiger partial charge in [0.2, 0.25) is 0 Å². The normalized spacial score (nSPS) is 9.36. The highest BCUT2D eigenvalue weighted by Crippen LogP contribution is 1.97. The Morgan fingerprint density at radius 2 is 2.00 bits per heavy atom. The number of hydrogen-bond donors (Lipinski definition) is 0. The zero-order valence-corrected chi connectivity index (χ0v) is 7.42. The molecule has 0 fully saturated rings. The summed E-state index contributed by atoms with van der Waals surface area (Å²) >= 11 is 0. The Kier molecular flexibility index (Phi) is 3.97. The average molecular weight is 151 g/mol. The number of allylic oxidation sites excluding steroid dienone is 2. The van der Waals surface area contributed by atoms with Crippen LogP contribution < -0.4 is 0 Å². The molecule has 0 aromatic rings. The standard InChI is InChI=1S/C8H13N3/c1-7(2)8(5-9)6-10-11(3)4/h6H,1-4H3/b10-6-. The van der Waals surface area contributed by atoms with Crippen molar-refractivity contribution in [2.24, 2.45) is 5.10 Å². The van der Waals surface area contributed by atoms with E-state index in [4.69, 9.17) is 5.26 Å². The summed E-state index contributed by atoms with van der Waals surface area (Å²) in [6.45, 7) is 3.78. The SMILES string of the molecule is CC(C)=C(C#N)/C=N\N(C)C. The van der Waals surface area contributed by atoms with Gasteiger partial charge in [-0.2, -0.15) is 10.4 Å². The van der Waals surface area contributed by atoms with Crippen molar-refractivity contribution in [2.75, 3.05) is 14.1 Å². The minimum Gasteiger partial charge on any atom is -0.303 e. The Morgan fingerprint density at radius 3 is 2.27 bits per heavy atom. The molecule has 0 bridgehead atoms. The molecule has 0 atom stereocenters. The zero-order chi connectivity index (χ0) is 8.85. The molecular weight excluding hydrogens is 138 g/mol. The maximum atomic E-state index is 8.59. The van der Waals surface area contributed by atoms with Gasteiger partial charge in [-0.05, 0) is 13.8 Å². The first-order valence-electron chi connectivity index (χ1n) is 3.36. The number of nitrogens with zero attached hydrogens (tertiary/aromatic N) is 3. The van der Waals surface area contributed by atoms with E-state index < -0.39 is 0 Å². The van der Waals surface area contributed by atoms with Crippen molar-refractivity contribution < 1.29 is 0 Å². The number of nitriles is 1. The Morgan fingerprint density at radius 1 is 1.45 bits per heavy atom. The Balaban J connectivity index is 4.38. The van der Waals surface area contributed by atoms with Gasteiger partial charge in [-0.25, -0.2) is 0 Å². The molecule has 0 heterocycles.